The summed E-state index contributed by atoms with van der Waals surface area (Å²) in [7, 11) is 0. The van der Waals surface area contributed by atoms with Crippen molar-refractivity contribution >= 4 is 0 Å². The summed E-state index contributed by atoms with van der Waals surface area (Å²) in [4.78, 5) is 0. The fraction of sp³-hybridized carbons (Fsp3) is 0.538. The van der Waals surface area contributed by atoms with Crippen LogP contribution in [-0.4, -0.2) is 25.5 Å². The topological polar surface area (TPSA) is 21.8 Å². The van der Waals surface area contributed by atoms with Crippen LogP contribution in [0.4, 0.5) is 13.2 Å². The fourth-order valence-corrected chi connectivity index (χ4v) is 1.48. The number of halogens is 3. The Balaban J connectivity index is 2.06. The summed E-state index contributed by atoms with van der Waals surface area (Å²) < 4.78 is 48.9. The molecule has 2 rings (SSSR count). The Morgan fingerprint density at radius 3 is 2.22 bits per heavy atom. The summed E-state index contributed by atoms with van der Waals surface area (Å²) in [5, 5.41) is 0. The van der Waals surface area contributed by atoms with Gasteiger partial charge in [-0.15, -0.1) is 0 Å². The lowest BCUT2D eigenvalue weighted by atomic mass is 9.84. The fourth-order valence-electron chi connectivity index (χ4n) is 1.48. The predicted octanol–water partition coefficient (Wildman–Crippen LogP) is 3.30. The lowest BCUT2D eigenvalue weighted by molar-refractivity contribution is -0.180. The summed E-state index contributed by atoms with van der Waals surface area (Å²) in [5.74, 6) is 0.562. The van der Waals surface area contributed by atoms with Gasteiger partial charge in [0.05, 0.1) is 12.0 Å². The number of alkyl halides is 3. The van der Waals surface area contributed by atoms with E-state index in [9.17, 15) is 13.2 Å². The number of ether oxygens (including phenoxy) is 2. The first-order valence-corrected chi connectivity index (χ1v) is 5.72. The first-order valence-electron chi connectivity index (χ1n) is 5.72. The van der Waals surface area contributed by atoms with Gasteiger partial charge >= 0.3 is 6.18 Å². The summed E-state index contributed by atoms with van der Waals surface area (Å²) in [6.07, 6.45) is -4.13. The molecule has 0 bridgehead atoms. The maximum Gasteiger partial charge on any atom is 0.397 e. The molecule has 1 aliphatic rings. The number of epoxide rings is 1. The van der Waals surface area contributed by atoms with Crippen LogP contribution in [0.25, 0.3) is 0 Å². The van der Waals surface area contributed by atoms with Crippen molar-refractivity contribution in [1.29, 1.82) is 0 Å². The van der Waals surface area contributed by atoms with E-state index in [2.05, 4.69) is 0 Å². The molecule has 5 heteroatoms. The first-order chi connectivity index (χ1) is 8.30. The highest BCUT2D eigenvalue weighted by molar-refractivity contribution is 5.32. The maximum atomic E-state index is 12.8. The molecule has 100 valence electrons. The molecule has 0 N–H and O–H groups in total. The summed E-state index contributed by atoms with van der Waals surface area (Å²) in [6, 6.07) is 6.03. The molecule has 2 nitrogen and oxygen atoms in total. The van der Waals surface area contributed by atoms with Gasteiger partial charge in [-0.25, -0.2) is 0 Å². The summed E-state index contributed by atoms with van der Waals surface area (Å²) in [5.41, 5.74) is -1.63. The molecule has 1 aromatic carbocycles. The van der Waals surface area contributed by atoms with E-state index in [1.54, 1.807) is 12.1 Å². The number of hydrogen-bond donors (Lipinski definition) is 0. The Labute approximate surface area is 104 Å². The average Bonchev–Trinajstić information content (AvgIpc) is 3.09. The first kappa shape index (κ1) is 13.2. The van der Waals surface area contributed by atoms with Crippen molar-refractivity contribution < 1.29 is 22.6 Å². The molecule has 0 amide bonds. The van der Waals surface area contributed by atoms with Gasteiger partial charge in [-0.3, -0.25) is 0 Å². The Hall–Kier alpha value is -1.23. The summed E-state index contributed by atoms with van der Waals surface area (Å²) in [6.45, 7) is 3.48. The van der Waals surface area contributed by atoms with Gasteiger partial charge in [0.2, 0.25) is 0 Å². The lowest BCUT2D eigenvalue weighted by Crippen LogP contribution is -2.36. The lowest BCUT2D eigenvalue weighted by Gasteiger charge is -2.28. The van der Waals surface area contributed by atoms with Crippen LogP contribution in [0.2, 0.25) is 0 Å². The average molecular weight is 260 g/mol. The predicted molar refractivity (Wildman–Crippen MR) is 60.8 cm³/mol. The van der Waals surface area contributed by atoms with Crippen LogP contribution in [0.3, 0.4) is 0 Å². The zero-order chi connectivity index (χ0) is 13.4. The second-order valence-corrected chi connectivity index (χ2v) is 4.91. The molecule has 0 aromatic heterocycles. The normalized spacial score (nSPS) is 19.7. The number of rotatable bonds is 4. The molecule has 0 radical (unpaired) electrons. The minimum Gasteiger partial charge on any atom is -0.491 e. The molecular weight excluding hydrogens is 245 g/mol. The van der Waals surface area contributed by atoms with E-state index < -0.39 is 11.6 Å². The number of benzene rings is 1. The van der Waals surface area contributed by atoms with Gasteiger partial charge < -0.3 is 9.47 Å². The molecule has 1 atom stereocenters. The van der Waals surface area contributed by atoms with Crippen molar-refractivity contribution in [3.63, 3.8) is 0 Å². The van der Waals surface area contributed by atoms with E-state index in [1.165, 1.54) is 26.0 Å². The maximum absolute atomic E-state index is 12.8. The molecule has 0 unspecified atom stereocenters. The molecular formula is C13H15F3O2. The van der Waals surface area contributed by atoms with Gasteiger partial charge in [0.25, 0.3) is 0 Å². The highest BCUT2D eigenvalue weighted by Crippen LogP contribution is 2.40. The quantitative estimate of drug-likeness (QED) is 0.775. The van der Waals surface area contributed by atoms with E-state index >= 15 is 0 Å². The van der Waals surface area contributed by atoms with Crippen molar-refractivity contribution in [1.82, 2.24) is 0 Å². The largest absolute Gasteiger partial charge is 0.491 e. The Kier molecular flexibility index (Phi) is 3.27. The van der Waals surface area contributed by atoms with Gasteiger partial charge in [-0.1, -0.05) is 12.1 Å². The molecule has 0 spiro atoms. The monoisotopic (exact) mass is 260 g/mol. The van der Waals surface area contributed by atoms with Crippen LogP contribution in [0.1, 0.15) is 19.4 Å². The highest BCUT2D eigenvalue weighted by Gasteiger charge is 2.48. The summed E-state index contributed by atoms with van der Waals surface area (Å²) >= 11 is 0. The van der Waals surface area contributed by atoms with Crippen LogP contribution < -0.4 is 4.74 Å². The van der Waals surface area contributed by atoms with Gasteiger partial charge in [0.15, 0.2) is 0 Å². The third kappa shape index (κ3) is 2.77. The Morgan fingerprint density at radius 2 is 1.78 bits per heavy atom. The Morgan fingerprint density at radius 1 is 1.22 bits per heavy atom. The molecule has 1 saturated heterocycles. The van der Waals surface area contributed by atoms with E-state index in [0.717, 1.165) is 0 Å². The van der Waals surface area contributed by atoms with Crippen molar-refractivity contribution in [2.75, 3.05) is 13.2 Å². The number of hydrogen-bond acceptors (Lipinski definition) is 2. The van der Waals surface area contributed by atoms with Crippen molar-refractivity contribution in [3.8, 4) is 5.75 Å². The molecule has 1 fully saturated rings. The van der Waals surface area contributed by atoms with Crippen molar-refractivity contribution in [3.05, 3.63) is 29.8 Å². The SMILES string of the molecule is CC(C)(c1ccc(OC[C@@H]2CO2)cc1)C(F)(F)F. The van der Waals surface area contributed by atoms with Crippen molar-refractivity contribution in [2.45, 2.75) is 31.5 Å². The molecule has 1 aliphatic heterocycles. The smallest absolute Gasteiger partial charge is 0.397 e. The van der Waals surface area contributed by atoms with E-state index in [1.807, 2.05) is 0 Å². The minimum absolute atomic E-state index is 0.135. The van der Waals surface area contributed by atoms with E-state index in [4.69, 9.17) is 9.47 Å². The standard InChI is InChI=1S/C13H15F3O2/c1-12(2,13(14,15)16)9-3-5-10(6-4-9)17-7-11-8-18-11/h3-6,11H,7-8H2,1-2H3/t11-/m1/s1. The molecule has 18 heavy (non-hydrogen) atoms. The second kappa shape index (κ2) is 4.46. The van der Waals surface area contributed by atoms with E-state index in [0.29, 0.717) is 19.0 Å². The highest BCUT2D eigenvalue weighted by atomic mass is 19.4. The third-order valence-electron chi connectivity index (χ3n) is 3.12. The zero-order valence-electron chi connectivity index (χ0n) is 10.3. The molecule has 0 saturated carbocycles. The van der Waals surface area contributed by atoms with Gasteiger partial charge in [-0.05, 0) is 31.5 Å². The minimum atomic E-state index is -4.27. The van der Waals surface area contributed by atoms with Crippen LogP contribution in [-0.2, 0) is 10.2 Å². The van der Waals surface area contributed by atoms with Crippen LogP contribution >= 0.6 is 0 Å². The third-order valence-corrected chi connectivity index (χ3v) is 3.12. The van der Waals surface area contributed by atoms with Gasteiger partial charge in [0.1, 0.15) is 18.5 Å². The van der Waals surface area contributed by atoms with Gasteiger partial charge in [-0.2, -0.15) is 13.2 Å². The van der Waals surface area contributed by atoms with Crippen LogP contribution in [0, 0.1) is 0 Å². The van der Waals surface area contributed by atoms with E-state index in [-0.39, 0.29) is 11.7 Å². The Bertz CT molecular complexity index is 405. The van der Waals surface area contributed by atoms with Crippen LogP contribution in [0.5, 0.6) is 5.75 Å². The molecule has 1 aromatic rings. The molecule has 0 aliphatic carbocycles. The van der Waals surface area contributed by atoms with Crippen LogP contribution in [0.15, 0.2) is 24.3 Å². The van der Waals surface area contributed by atoms with Gasteiger partial charge in [0, 0.05) is 0 Å². The molecule has 1 heterocycles. The second-order valence-electron chi connectivity index (χ2n) is 4.91. The zero-order valence-corrected chi connectivity index (χ0v) is 10.3. The van der Waals surface area contributed by atoms with Crippen molar-refractivity contribution in [2.24, 2.45) is 0 Å².